The van der Waals surface area contributed by atoms with E-state index < -0.39 is 0 Å². The normalized spacial score (nSPS) is 10.4. The number of nitrogens with zero attached hydrogens (tertiary/aromatic N) is 2. The molecule has 2 aromatic heterocycles. The molecule has 3 rings (SSSR count). The monoisotopic (exact) mass is 214 g/mol. The van der Waals surface area contributed by atoms with Gasteiger partial charge in [0.25, 0.3) is 5.56 Å². The van der Waals surface area contributed by atoms with Crippen molar-refractivity contribution >= 4 is 16.4 Å². The fourth-order valence-electron chi connectivity index (χ4n) is 1.91. The Morgan fingerprint density at radius 1 is 1.12 bits per heavy atom. The van der Waals surface area contributed by atoms with Crippen LogP contribution in [-0.2, 0) is 0 Å². The standard InChI is InChI=1S/C11H8N2O.C2H6/c1-7-12-9-4-2-3-8-5-6-10(14)13(7)11(8)9;1-2/h2-6H,1H3;1-2H3. The SMILES string of the molecule is CC.Cc1nc2cccc3ccc(=O)n1c32. The van der Waals surface area contributed by atoms with Gasteiger partial charge in [-0.2, -0.15) is 0 Å². The molecule has 3 heteroatoms. The maximum atomic E-state index is 11.6. The number of para-hydroxylation sites is 1. The highest BCUT2D eigenvalue weighted by Crippen LogP contribution is 2.19. The molecule has 0 bridgehead atoms. The van der Waals surface area contributed by atoms with Crippen molar-refractivity contribution in [2.24, 2.45) is 0 Å². The van der Waals surface area contributed by atoms with Crippen molar-refractivity contribution < 1.29 is 0 Å². The molecule has 1 aromatic carbocycles. The summed E-state index contributed by atoms with van der Waals surface area (Å²) in [6, 6.07) is 9.29. The third-order valence-electron chi connectivity index (χ3n) is 2.50. The molecule has 0 saturated carbocycles. The van der Waals surface area contributed by atoms with E-state index in [2.05, 4.69) is 4.98 Å². The van der Waals surface area contributed by atoms with Gasteiger partial charge < -0.3 is 0 Å². The molecule has 0 aliphatic rings. The van der Waals surface area contributed by atoms with Crippen LogP contribution in [0, 0.1) is 6.92 Å². The molecule has 0 unspecified atom stereocenters. The molecule has 3 nitrogen and oxygen atoms in total. The summed E-state index contributed by atoms with van der Waals surface area (Å²) >= 11 is 0. The van der Waals surface area contributed by atoms with Crippen LogP contribution < -0.4 is 5.56 Å². The Hall–Kier alpha value is -1.90. The van der Waals surface area contributed by atoms with Gasteiger partial charge in [0.1, 0.15) is 5.82 Å². The van der Waals surface area contributed by atoms with E-state index in [4.69, 9.17) is 0 Å². The van der Waals surface area contributed by atoms with Gasteiger partial charge in [-0.1, -0.05) is 26.0 Å². The van der Waals surface area contributed by atoms with Crippen molar-refractivity contribution in [1.29, 1.82) is 0 Å². The predicted molar refractivity (Wildman–Crippen MR) is 66.2 cm³/mol. The average Bonchev–Trinajstić information content (AvgIpc) is 2.65. The lowest BCUT2D eigenvalue weighted by Gasteiger charge is -1.97. The molecule has 0 aliphatic heterocycles. The van der Waals surface area contributed by atoms with Gasteiger partial charge in [0.2, 0.25) is 0 Å². The first-order chi connectivity index (χ1) is 7.77. The lowest BCUT2D eigenvalue weighted by molar-refractivity contribution is 1.01. The van der Waals surface area contributed by atoms with Gasteiger partial charge in [-0.3, -0.25) is 9.20 Å². The molecule has 0 saturated heterocycles. The van der Waals surface area contributed by atoms with Crippen LogP contribution in [0.15, 0.2) is 35.1 Å². The van der Waals surface area contributed by atoms with Gasteiger partial charge in [-0.05, 0) is 19.1 Å². The molecule has 0 radical (unpaired) electrons. The smallest absolute Gasteiger partial charge is 0.256 e. The summed E-state index contributed by atoms with van der Waals surface area (Å²) in [6.07, 6.45) is 0. The van der Waals surface area contributed by atoms with Crippen molar-refractivity contribution in [3.63, 3.8) is 0 Å². The summed E-state index contributed by atoms with van der Waals surface area (Å²) in [7, 11) is 0. The Morgan fingerprint density at radius 3 is 2.62 bits per heavy atom. The number of hydrogen-bond donors (Lipinski definition) is 0. The minimum Gasteiger partial charge on any atom is -0.269 e. The number of aryl methyl sites for hydroxylation is 1. The molecule has 16 heavy (non-hydrogen) atoms. The molecule has 0 amide bonds. The van der Waals surface area contributed by atoms with Crippen molar-refractivity contribution in [2.45, 2.75) is 20.8 Å². The molecule has 0 spiro atoms. The van der Waals surface area contributed by atoms with E-state index in [1.165, 1.54) is 0 Å². The first-order valence-electron chi connectivity index (χ1n) is 5.48. The Balaban J connectivity index is 0.000000457. The largest absolute Gasteiger partial charge is 0.269 e. The third-order valence-corrected chi connectivity index (χ3v) is 2.50. The van der Waals surface area contributed by atoms with Crippen LogP contribution in [-0.4, -0.2) is 9.38 Å². The number of imidazole rings is 1. The van der Waals surface area contributed by atoms with E-state index in [1.807, 2.05) is 45.0 Å². The second-order valence-electron chi connectivity index (χ2n) is 3.38. The number of pyridine rings is 1. The van der Waals surface area contributed by atoms with E-state index in [1.54, 1.807) is 10.5 Å². The lowest BCUT2D eigenvalue weighted by atomic mass is 10.2. The Kier molecular flexibility index (Phi) is 2.60. The minimum atomic E-state index is -0.0105. The Morgan fingerprint density at radius 2 is 1.88 bits per heavy atom. The zero-order chi connectivity index (χ0) is 11.7. The molecule has 0 atom stereocenters. The number of hydrogen-bond acceptors (Lipinski definition) is 2. The molecule has 2 heterocycles. The van der Waals surface area contributed by atoms with Gasteiger partial charge in [0.05, 0.1) is 11.0 Å². The highest BCUT2D eigenvalue weighted by atomic mass is 16.1. The summed E-state index contributed by atoms with van der Waals surface area (Å²) in [5.41, 5.74) is 1.80. The minimum absolute atomic E-state index is 0.0105. The first kappa shape index (κ1) is 10.6. The number of aromatic nitrogens is 2. The number of rotatable bonds is 0. The first-order valence-corrected chi connectivity index (χ1v) is 5.48. The van der Waals surface area contributed by atoms with Gasteiger partial charge >= 0.3 is 0 Å². The summed E-state index contributed by atoms with van der Waals surface area (Å²) in [4.78, 5) is 15.9. The van der Waals surface area contributed by atoms with Crippen molar-refractivity contribution in [3.05, 3.63) is 46.5 Å². The van der Waals surface area contributed by atoms with Crippen LogP contribution in [0.2, 0.25) is 0 Å². The topological polar surface area (TPSA) is 34.4 Å². The highest BCUT2D eigenvalue weighted by Gasteiger charge is 2.08. The summed E-state index contributed by atoms with van der Waals surface area (Å²) < 4.78 is 1.66. The van der Waals surface area contributed by atoms with E-state index in [9.17, 15) is 4.79 Å². The molecule has 0 N–H and O–H groups in total. The van der Waals surface area contributed by atoms with E-state index in [0.29, 0.717) is 0 Å². The van der Waals surface area contributed by atoms with Crippen molar-refractivity contribution in [1.82, 2.24) is 9.38 Å². The van der Waals surface area contributed by atoms with Crippen LogP contribution >= 0.6 is 0 Å². The quantitative estimate of drug-likeness (QED) is 0.576. The van der Waals surface area contributed by atoms with Crippen LogP contribution in [0.1, 0.15) is 19.7 Å². The summed E-state index contributed by atoms with van der Waals surface area (Å²) in [5, 5.41) is 1.06. The van der Waals surface area contributed by atoms with Crippen LogP contribution in [0.3, 0.4) is 0 Å². The highest BCUT2D eigenvalue weighted by molar-refractivity contribution is 5.93. The van der Waals surface area contributed by atoms with E-state index in [-0.39, 0.29) is 5.56 Å². The Labute approximate surface area is 93.7 Å². The van der Waals surface area contributed by atoms with E-state index in [0.717, 1.165) is 22.2 Å². The van der Waals surface area contributed by atoms with Gasteiger partial charge in [0.15, 0.2) is 0 Å². The predicted octanol–water partition coefficient (Wildman–Crippen LogP) is 2.62. The van der Waals surface area contributed by atoms with Gasteiger partial charge in [-0.25, -0.2) is 4.98 Å². The van der Waals surface area contributed by atoms with E-state index >= 15 is 0 Å². The molecular weight excluding hydrogens is 200 g/mol. The van der Waals surface area contributed by atoms with Crippen LogP contribution in [0.25, 0.3) is 16.4 Å². The fourth-order valence-corrected chi connectivity index (χ4v) is 1.91. The fraction of sp³-hybridized carbons (Fsp3) is 0.231. The molecular formula is C13H14N2O. The van der Waals surface area contributed by atoms with Gasteiger partial charge in [0, 0.05) is 11.5 Å². The summed E-state index contributed by atoms with van der Waals surface area (Å²) in [6.45, 7) is 5.85. The summed E-state index contributed by atoms with van der Waals surface area (Å²) in [5.74, 6) is 0.752. The van der Waals surface area contributed by atoms with Crippen LogP contribution in [0.5, 0.6) is 0 Å². The molecule has 0 fully saturated rings. The molecule has 82 valence electrons. The maximum Gasteiger partial charge on any atom is 0.256 e. The zero-order valence-electron chi connectivity index (χ0n) is 9.69. The molecule has 3 aromatic rings. The van der Waals surface area contributed by atoms with Crippen LogP contribution in [0.4, 0.5) is 0 Å². The van der Waals surface area contributed by atoms with Crippen molar-refractivity contribution in [2.75, 3.05) is 0 Å². The molecule has 0 aliphatic carbocycles. The Bertz CT molecular complexity index is 670. The third kappa shape index (κ3) is 1.36. The number of benzene rings is 1. The maximum absolute atomic E-state index is 11.6. The van der Waals surface area contributed by atoms with Crippen molar-refractivity contribution in [3.8, 4) is 0 Å². The van der Waals surface area contributed by atoms with Gasteiger partial charge in [-0.15, -0.1) is 0 Å². The average molecular weight is 214 g/mol. The second kappa shape index (κ2) is 3.93. The zero-order valence-corrected chi connectivity index (χ0v) is 9.69. The lowest BCUT2D eigenvalue weighted by Crippen LogP contribution is -2.11. The second-order valence-corrected chi connectivity index (χ2v) is 3.38.